The van der Waals surface area contributed by atoms with E-state index in [4.69, 9.17) is 9.47 Å². The van der Waals surface area contributed by atoms with Crippen LogP contribution < -0.4 is 9.47 Å². The van der Waals surface area contributed by atoms with Crippen molar-refractivity contribution in [1.82, 2.24) is 4.90 Å². The van der Waals surface area contributed by atoms with Gasteiger partial charge >= 0.3 is 0 Å². The molecular weight excluding hydrogens is 317 g/mol. The first-order valence-corrected chi connectivity index (χ1v) is 9.07. The predicted octanol–water partition coefficient (Wildman–Crippen LogP) is 3.76. The molecule has 5 rings (SSSR count). The van der Waals surface area contributed by atoms with Crippen molar-refractivity contribution in [3.63, 3.8) is 0 Å². The first-order valence-electron chi connectivity index (χ1n) is 9.07. The summed E-state index contributed by atoms with van der Waals surface area (Å²) < 4.78 is 24.8. The number of ether oxygens (including phenoxy) is 2. The van der Waals surface area contributed by atoms with Crippen molar-refractivity contribution in [2.75, 3.05) is 20.4 Å². The van der Waals surface area contributed by atoms with Crippen LogP contribution >= 0.6 is 0 Å². The Hall–Kier alpha value is -2.07. The van der Waals surface area contributed by atoms with Crippen LogP contribution in [0, 0.1) is 11.7 Å². The molecule has 0 bridgehead atoms. The van der Waals surface area contributed by atoms with Gasteiger partial charge in [0, 0.05) is 24.1 Å². The first-order chi connectivity index (χ1) is 12.2. The molecule has 0 N–H and O–H groups in total. The summed E-state index contributed by atoms with van der Waals surface area (Å²) in [5, 5.41) is 0. The molecule has 2 aromatic carbocycles. The Balaban J connectivity index is 1.45. The average molecular weight is 339 g/mol. The summed E-state index contributed by atoms with van der Waals surface area (Å²) in [6, 6.07) is 11.8. The van der Waals surface area contributed by atoms with Gasteiger partial charge < -0.3 is 14.4 Å². The second-order valence-electron chi connectivity index (χ2n) is 7.52. The van der Waals surface area contributed by atoms with Crippen LogP contribution in [0.1, 0.15) is 29.0 Å². The fourth-order valence-electron chi connectivity index (χ4n) is 5.07. The number of benzene rings is 2. The first kappa shape index (κ1) is 15.2. The summed E-state index contributed by atoms with van der Waals surface area (Å²) in [6.07, 6.45) is 3.10. The third-order valence-electron chi connectivity index (χ3n) is 6.20. The molecule has 25 heavy (non-hydrogen) atoms. The van der Waals surface area contributed by atoms with E-state index >= 15 is 0 Å². The topological polar surface area (TPSA) is 21.7 Å². The van der Waals surface area contributed by atoms with E-state index in [0.717, 1.165) is 42.9 Å². The van der Waals surface area contributed by atoms with E-state index in [1.165, 1.54) is 17.2 Å². The van der Waals surface area contributed by atoms with Gasteiger partial charge in [-0.2, -0.15) is 0 Å². The van der Waals surface area contributed by atoms with E-state index in [9.17, 15) is 4.39 Å². The molecule has 1 aliphatic carbocycles. The Labute approximate surface area is 147 Å². The number of hydrogen-bond acceptors (Lipinski definition) is 3. The van der Waals surface area contributed by atoms with Crippen LogP contribution in [-0.4, -0.2) is 31.3 Å². The summed E-state index contributed by atoms with van der Waals surface area (Å²) in [5.41, 5.74) is 3.86. The molecule has 0 aromatic heterocycles. The highest BCUT2D eigenvalue weighted by Gasteiger charge is 2.44. The van der Waals surface area contributed by atoms with Gasteiger partial charge in [-0.05, 0) is 61.6 Å². The number of likely N-dealkylation sites (N-methyl/N-ethyl adjacent to an activating group) is 1. The Morgan fingerprint density at radius 1 is 1.20 bits per heavy atom. The SMILES string of the molecule is CN1C[C@H]2c3ccc4c(c3CCC2[C@H]1Cc1cccc(F)c1)OCO4. The van der Waals surface area contributed by atoms with Crippen LogP contribution in [0.2, 0.25) is 0 Å². The van der Waals surface area contributed by atoms with Gasteiger partial charge in [-0.1, -0.05) is 18.2 Å². The van der Waals surface area contributed by atoms with Crippen molar-refractivity contribution in [2.24, 2.45) is 5.92 Å². The lowest BCUT2D eigenvalue weighted by Crippen LogP contribution is -2.32. The average Bonchev–Trinajstić information content (AvgIpc) is 3.20. The van der Waals surface area contributed by atoms with Crippen LogP contribution in [-0.2, 0) is 12.8 Å². The van der Waals surface area contributed by atoms with Gasteiger partial charge in [0.2, 0.25) is 6.79 Å². The van der Waals surface area contributed by atoms with Crippen molar-refractivity contribution in [1.29, 1.82) is 0 Å². The highest BCUT2D eigenvalue weighted by molar-refractivity contribution is 5.54. The maximum Gasteiger partial charge on any atom is 0.231 e. The normalized spacial score (nSPS) is 27.2. The number of halogens is 1. The predicted molar refractivity (Wildman–Crippen MR) is 93.6 cm³/mol. The van der Waals surface area contributed by atoms with Gasteiger partial charge in [0.25, 0.3) is 0 Å². The standard InChI is InChI=1S/C21H22FNO2/c1-23-11-18-15-7-8-20-21(25-12-24-20)17(15)6-5-16(18)19(23)10-13-3-2-4-14(22)9-13/h2-4,7-9,16,18-19H,5-6,10-12H2,1H3/t16?,18-,19+/m0/s1. The monoisotopic (exact) mass is 339 g/mol. The summed E-state index contributed by atoms with van der Waals surface area (Å²) in [7, 11) is 2.20. The molecule has 1 unspecified atom stereocenters. The van der Waals surface area contributed by atoms with E-state index in [-0.39, 0.29) is 5.82 Å². The highest BCUT2D eigenvalue weighted by Crippen LogP contribution is 2.50. The number of hydrogen-bond donors (Lipinski definition) is 0. The molecule has 0 spiro atoms. The van der Waals surface area contributed by atoms with Crippen molar-refractivity contribution in [3.8, 4) is 11.5 Å². The van der Waals surface area contributed by atoms with Gasteiger partial charge in [-0.3, -0.25) is 0 Å². The zero-order chi connectivity index (χ0) is 17.0. The zero-order valence-electron chi connectivity index (χ0n) is 14.4. The molecule has 2 heterocycles. The molecular formula is C21H22FNO2. The molecule has 2 aliphatic heterocycles. The van der Waals surface area contributed by atoms with Gasteiger partial charge in [0.15, 0.2) is 11.5 Å². The lowest BCUT2D eigenvalue weighted by Gasteiger charge is -2.32. The summed E-state index contributed by atoms with van der Waals surface area (Å²) in [5.74, 6) is 2.85. The highest BCUT2D eigenvalue weighted by atomic mass is 19.1. The maximum absolute atomic E-state index is 13.6. The molecule has 0 radical (unpaired) electrons. The summed E-state index contributed by atoms with van der Waals surface area (Å²) in [6.45, 7) is 1.39. The number of rotatable bonds is 2. The van der Waals surface area contributed by atoms with Crippen LogP contribution in [0.4, 0.5) is 4.39 Å². The third-order valence-corrected chi connectivity index (χ3v) is 6.20. The maximum atomic E-state index is 13.6. The molecule has 3 nitrogen and oxygen atoms in total. The minimum atomic E-state index is -0.142. The molecule has 4 heteroatoms. The van der Waals surface area contributed by atoms with E-state index < -0.39 is 0 Å². The minimum absolute atomic E-state index is 0.142. The Kier molecular flexibility index (Phi) is 3.49. The lowest BCUT2D eigenvalue weighted by atomic mass is 9.73. The quantitative estimate of drug-likeness (QED) is 0.832. The van der Waals surface area contributed by atoms with Crippen LogP contribution in [0.15, 0.2) is 36.4 Å². The molecule has 1 saturated heterocycles. The molecule has 2 aromatic rings. The van der Waals surface area contributed by atoms with Crippen LogP contribution in [0.3, 0.4) is 0 Å². The largest absolute Gasteiger partial charge is 0.454 e. The Morgan fingerprint density at radius 2 is 2.12 bits per heavy atom. The van der Waals surface area contributed by atoms with E-state index in [2.05, 4.69) is 24.1 Å². The number of nitrogens with zero attached hydrogens (tertiary/aromatic N) is 1. The van der Waals surface area contributed by atoms with E-state index in [1.807, 2.05) is 12.1 Å². The van der Waals surface area contributed by atoms with E-state index in [0.29, 0.717) is 24.7 Å². The Morgan fingerprint density at radius 3 is 3.00 bits per heavy atom. The van der Waals surface area contributed by atoms with Crippen LogP contribution in [0.25, 0.3) is 0 Å². The molecule has 0 amide bonds. The van der Waals surface area contributed by atoms with Crippen molar-refractivity contribution in [3.05, 3.63) is 58.9 Å². The van der Waals surface area contributed by atoms with Crippen molar-refractivity contribution in [2.45, 2.75) is 31.2 Å². The minimum Gasteiger partial charge on any atom is -0.454 e. The van der Waals surface area contributed by atoms with Crippen molar-refractivity contribution >= 4 is 0 Å². The zero-order valence-corrected chi connectivity index (χ0v) is 14.4. The molecule has 0 saturated carbocycles. The lowest BCUT2D eigenvalue weighted by molar-refractivity contribution is 0.172. The second kappa shape index (κ2) is 5.73. The summed E-state index contributed by atoms with van der Waals surface area (Å²) in [4.78, 5) is 2.46. The Bertz CT molecular complexity index is 822. The molecule has 130 valence electrons. The molecule has 3 aliphatic rings. The van der Waals surface area contributed by atoms with Crippen LogP contribution in [0.5, 0.6) is 11.5 Å². The fourth-order valence-corrected chi connectivity index (χ4v) is 5.07. The smallest absolute Gasteiger partial charge is 0.231 e. The van der Waals surface area contributed by atoms with Crippen molar-refractivity contribution < 1.29 is 13.9 Å². The van der Waals surface area contributed by atoms with Gasteiger partial charge in [0.1, 0.15) is 5.82 Å². The molecule has 3 atom stereocenters. The molecule has 1 fully saturated rings. The third kappa shape index (κ3) is 2.43. The fraction of sp³-hybridized carbons (Fsp3) is 0.429. The number of fused-ring (bicyclic) bond motifs is 5. The second-order valence-corrected chi connectivity index (χ2v) is 7.52. The van der Waals surface area contributed by atoms with E-state index in [1.54, 1.807) is 6.07 Å². The summed E-state index contributed by atoms with van der Waals surface area (Å²) >= 11 is 0. The van der Waals surface area contributed by atoms with Gasteiger partial charge in [-0.15, -0.1) is 0 Å². The van der Waals surface area contributed by atoms with Gasteiger partial charge in [-0.25, -0.2) is 4.39 Å². The number of likely N-dealkylation sites (tertiary alicyclic amines) is 1. The van der Waals surface area contributed by atoms with Gasteiger partial charge in [0.05, 0.1) is 0 Å².